The molecule has 9 nitrogen and oxygen atoms in total. The first-order valence-electron chi connectivity index (χ1n) is 11.8. The van der Waals surface area contributed by atoms with Gasteiger partial charge < -0.3 is 19.1 Å². The van der Waals surface area contributed by atoms with Crippen molar-refractivity contribution in [2.24, 2.45) is 5.89 Å². The molecule has 1 unspecified atom stereocenters. The average Bonchev–Trinajstić information content (AvgIpc) is 3.10. The SMILES string of the molecule is [2H][C@]12C[C@@]1(F)C[C@]1(OP(C)OCCC#N)C[C@H](n3cc(C)c(NC(=O)c4ccccc4)nc3=O)O[C@@H]12. The fourth-order valence-electron chi connectivity index (χ4n) is 4.98. The number of carbonyl (C=O) groups is 1. The first kappa shape index (κ1) is 22.7. The van der Waals surface area contributed by atoms with Gasteiger partial charge in [-0.05, 0) is 25.5 Å². The molecule has 0 radical (unpaired) electrons. The maximum absolute atomic E-state index is 15.2. The molecule has 0 bridgehead atoms. The monoisotopic (exact) mass is 501 g/mol. The van der Waals surface area contributed by atoms with E-state index in [1.165, 1.54) is 4.57 Å². The fourth-order valence-corrected chi connectivity index (χ4v) is 6.13. The Morgan fingerprint density at radius 3 is 2.97 bits per heavy atom. The lowest BCUT2D eigenvalue weighted by Crippen LogP contribution is -2.38. The van der Waals surface area contributed by atoms with Crippen LogP contribution in [0, 0.1) is 24.1 Å². The molecule has 3 aliphatic rings. The maximum Gasteiger partial charge on any atom is 0.351 e. The van der Waals surface area contributed by atoms with E-state index in [4.69, 9.17) is 20.4 Å². The summed E-state index contributed by atoms with van der Waals surface area (Å²) in [5, 5.41) is 11.4. The number of hydrogen-bond acceptors (Lipinski definition) is 7. The van der Waals surface area contributed by atoms with E-state index in [1.807, 2.05) is 6.07 Å². The van der Waals surface area contributed by atoms with Crippen molar-refractivity contribution >= 4 is 20.1 Å². The Balaban J connectivity index is 1.37. The summed E-state index contributed by atoms with van der Waals surface area (Å²) in [4.78, 5) is 29.5. The van der Waals surface area contributed by atoms with E-state index in [0.717, 1.165) is 0 Å². The van der Waals surface area contributed by atoms with Gasteiger partial charge in [-0.15, -0.1) is 0 Å². The van der Waals surface area contributed by atoms with Gasteiger partial charge in [-0.3, -0.25) is 9.36 Å². The van der Waals surface area contributed by atoms with Gasteiger partial charge in [0.2, 0.25) is 0 Å². The zero-order valence-corrected chi connectivity index (χ0v) is 20.3. The molecule has 2 heterocycles. The number of amides is 1. The molecule has 11 heteroatoms. The van der Waals surface area contributed by atoms with Crippen molar-refractivity contribution in [1.29, 1.82) is 5.26 Å². The molecular formula is C24H26FN4O5P. The van der Waals surface area contributed by atoms with E-state index in [0.29, 0.717) is 11.1 Å². The normalized spacial score (nSPS) is 33.8. The summed E-state index contributed by atoms with van der Waals surface area (Å²) in [5.74, 6) is -1.70. The molecule has 3 fully saturated rings. The second kappa shape index (κ2) is 9.07. The Bertz CT molecular complexity index is 1290. The van der Waals surface area contributed by atoms with Crippen molar-refractivity contribution in [2.75, 3.05) is 18.6 Å². The number of fused-ring (bicyclic) bond motifs is 3. The van der Waals surface area contributed by atoms with Gasteiger partial charge in [0.1, 0.15) is 23.3 Å². The van der Waals surface area contributed by atoms with Gasteiger partial charge in [0.25, 0.3) is 5.91 Å². The number of hydrogen-bond donors (Lipinski definition) is 1. The summed E-state index contributed by atoms with van der Waals surface area (Å²) in [5.41, 5.74) is -2.49. The number of benzene rings is 1. The van der Waals surface area contributed by atoms with Crippen LogP contribution in [0.2, 0.25) is 0 Å². The molecule has 2 aromatic rings. The minimum absolute atomic E-state index is 0.0225. The van der Waals surface area contributed by atoms with Gasteiger partial charge in [-0.1, -0.05) is 18.2 Å². The Kier molecular flexibility index (Phi) is 5.89. The lowest BCUT2D eigenvalue weighted by molar-refractivity contribution is -0.0459. The highest BCUT2D eigenvalue weighted by Crippen LogP contribution is 2.70. The van der Waals surface area contributed by atoms with Crippen molar-refractivity contribution in [3.8, 4) is 6.07 Å². The first-order chi connectivity index (χ1) is 17.1. The van der Waals surface area contributed by atoms with Gasteiger partial charge in [-0.25, -0.2) is 9.18 Å². The summed E-state index contributed by atoms with van der Waals surface area (Å²) >= 11 is 0. The summed E-state index contributed by atoms with van der Waals surface area (Å²) < 4.78 is 43.1. The van der Waals surface area contributed by atoms with Crippen LogP contribution in [0.15, 0.2) is 41.3 Å². The minimum atomic E-state index is -1.70. The van der Waals surface area contributed by atoms with Gasteiger partial charge >= 0.3 is 5.69 Å². The van der Waals surface area contributed by atoms with Crippen LogP contribution in [0.5, 0.6) is 0 Å². The highest BCUT2D eigenvalue weighted by molar-refractivity contribution is 7.46. The van der Waals surface area contributed by atoms with E-state index < -0.39 is 43.6 Å². The van der Waals surface area contributed by atoms with Gasteiger partial charge in [0, 0.05) is 44.1 Å². The zero-order chi connectivity index (χ0) is 25.7. The number of aryl methyl sites for hydroxylation is 1. The van der Waals surface area contributed by atoms with Crippen molar-refractivity contribution < 1.29 is 24.3 Å². The van der Waals surface area contributed by atoms with Crippen molar-refractivity contribution in [3.63, 3.8) is 0 Å². The van der Waals surface area contributed by atoms with E-state index >= 15 is 4.39 Å². The van der Waals surface area contributed by atoms with Crippen LogP contribution in [0.1, 0.15) is 49.2 Å². The van der Waals surface area contributed by atoms with E-state index in [-0.39, 0.29) is 44.0 Å². The topological polar surface area (TPSA) is 115 Å². The number of halogens is 1. The number of carbonyl (C=O) groups excluding carboxylic acids is 1. The molecule has 1 aromatic heterocycles. The average molecular weight is 501 g/mol. The van der Waals surface area contributed by atoms with Crippen molar-refractivity contribution in [2.45, 2.75) is 56.2 Å². The second-order valence-corrected chi connectivity index (χ2v) is 10.5. The largest absolute Gasteiger partial charge is 0.351 e. The number of anilines is 1. The minimum Gasteiger partial charge on any atom is -0.351 e. The quantitative estimate of drug-likeness (QED) is 0.432. The Hall–Kier alpha value is -2.70. The zero-order valence-electron chi connectivity index (χ0n) is 20.4. The fraction of sp³-hybridized carbons (Fsp3) is 0.500. The molecule has 2 aliphatic carbocycles. The van der Waals surface area contributed by atoms with Gasteiger partial charge in [0.15, 0.2) is 8.38 Å². The molecule has 1 aliphatic heterocycles. The Morgan fingerprint density at radius 2 is 2.23 bits per heavy atom. The molecule has 1 aromatic carbocycles. The molecule has 1 N–H and O–H groups in total. The highest BCUT2D eigenvalue weighted by Gasteiger charge is 2.76. The number of ether oxygens (including phenoxy) is 1. The van der Waals surface area contributed by atoms with E-state index in [2.05, 4.69) is 10.3 Å². The highest BCUT2D eigenvalue weighted by atomic mass is 31.2. The summed E-state index contributed by atoms with van der Waals surface area (Å²) in [6.45, 7) is 3.62. The van der Waals surface area contributed by atoms with Crippen LogP contribution >= 0.6 is 8.38 Å². The number of rotatable bonds is 8. The first-order valence-corrected chi connectivity index (χ1v) is 13.0. The summed E-state index contributed by atoms with van der Waals surface area (Å²) in [7, 11) is -1.46. The molecule has 0 spiro atoms. The van der Waals surface area contributed by atoms with E-state index in [1.54, 1.807) is 50.1 Å². The van der Waals surface area contributed by atoms with Crippen LogP contribution in [0.4, 0.5) is 10.2 Å². The predicted octanol–water partition coefficient (Wildman–Crippen LogP) is 3.85. The third-order valence-electron chi connectivity index (χ3n) is 6.62. The number of nitriles is 1. The lowest BCUT2D eigenvalue weighted by Gasteiger charge is -2.32. The molecule has 1 saturated heterocycles. The Labute approximate surface area is 204 Å². The molecule has 184 valence electrons. The number of aromatic nitrogens is 2. The van der Waals surface area contributed by atoms with Crippen LogP contribution in [-0.2, 0) is 13.8 Å². The van der Waals surface area contributed by atoms with Crippen LogP contribution in [-0.4, -0.2) is 46.1 Å². The molecule has 6 atom stereocenters. The molecule has 2 saturated carbocycles. The number of alkyl halides is 1. The van der Waals surface area contributed by atoms with Gasteiger partial charge in [0.05, 0.1) is 25.2 Å². The summed E-state index contributed by atoms with van der Waals surface area (Å²) in [6, 6.07) is 10.6. The third kappa shape index (κ3) is 4.50. The number of nitrogens with zero attached hydrogens (tertiary/aromatic N) is 3. The lowest BCUT2D eigenvalue weighted by atomic mass is 9.93. The van der Waals surface area contributed by atoms with Crippen molar-refractivity contribution in [1.82, 2.24) is 9.55 Å². The standard InChI is InChI=1S/C24H26FN4O5P/c1-15-13-29(22(31)28-20(15)27-21(30)16-7-4-3-5-8-16)18-12-24(34-35(2)32-10-6-9-26)14-23(25)11-17(23)19(24)33-18/h3-5,7-8,13,17-19H,6,10-12,14H2,1-2H3,(H,27,28,30,31)/t17-,18-,19-,23-,24-,35?/m1/s1/i17D. The number of nitrogens with one attached hydrogen (secondary N) is 1. The third-order valence-corrected chi connectivity index (χ3v) is 7.79. The van der Waals surface area contributed by atoms with Crippen molar-refractivity contribution in [3.05, 3.63) is 58.1 Å². The van der Waals surface area contributed by atoms with Gasteiger partial charge in [-0.2, -0.15) is 10.2 Å². The predicted molar refractivity (Wildman–Crippen MR) is 126 cm³/mol. The smallest absolute Gasteiger partial charge is 0.351 e. The van der Waals surface area contributed by atoms with E-state index in [9.17, 15) is 9.59 Å². The molecule has 5 rings (SSSR count). The van der Waals surface area contributed by atoms with Crippen LogP contribution < -0.4 is 11.0 Å². The van der Waals surface area contributed by atoms with Crippen LogP contribution in [0.25, 0.3) is 0 Å². The summed E-state index contributed by atoms with van der Waals surface area (Å²) in [6.07, 6.45) is 0.224. The second-order valence-electron chi connectivity index (χ2n) is 9.14. The maximum atomic E-state index is 15.2. The molecule has 1 amide bonds. The molecular weight excluding hydrogens is 474 g/mol. The Morgan fingerprint density at radius 1 is 1.46 bits per heavy atom. The van der Waals surface area contributed by atoms with Crippen LogP contribution in [0.3, 0.4) is 0 Å². The molecule has 35 heavy (non-hydrogen) atoms.